The van der Waals surface area contributed by atoms with Crippen LogP contribution in [-0.4, -0.2) is 34.4 Å². The van der Waals surface area contributed by atoms with E-state index < -0.39 is 11.9 Å². The zero-order chi connectivity index (χ0) is 18.2. The van der Waals surface area contributed by atoms with E-state index in [1.165, 1.54) is 4.68 Å². The highest BCUT2D eigenvalue weighted by atomic mass is 79.9. The van der Waals surface area contributed by atoms with E-state index in [4.69, 9.17) is 4.74 Å². The molecule has 1 aliphatic heterocycles. The number of hydrogen-bond acceptors (Lipinski definition) is 3. The number of hydrogen-bond donors (Lipinski definition) is 1. The van der Waals surface area contributed by atoms with Crippen LogP contribution in [-0.2, 0) is 22.3 Å². The topological polar surface area (TPSA) is 56.2 Å². The Morgan fingerprint density at radius 3 is 2.72 bits per heavy atom. The lowest BCUT2D eigenvalue weighted by molar-refractivity contribution is -0.142. The van der Waals surface area contributed by atoms with Gasteiger partial charge in [0.1, 0.15) is 0 Å². The van der Waals surface area contributed by atoms with Gasteiger partial charge in [-0.25, -0.2) is 0 Å². The minimum absolute atomic E-state index is 0.00984. The van der Waals surface area contributed by atoms with E-state index >= 15 is 0 Å². The van der Waals surface area contributed by atoms with Crippen LogP contribution in [0.25, 0.3) is 0 Å². The Morgan fingerprint density at radius 1 is 1.44 bits per heavy atom. The molecule has 1 aliphatic carbocycles. The van der Waals surface area contributed by atoms with Crippen molar-refractivity contribution in [3.8, 4) is 0 Å². The first kappa shape index (κ1) is 18.7. The number of nitrogens with one attached hydrogen (secondary N) is 1. The molecular formula is C16H21BrF3N3O2. The Bertz CT molecular complexity index is 637. The largest absolute Gasteiger partial charge is 0.436 e. The van der Waals surface area contributed by atoms with Gasteiger partial charge < -0.3 is 10.1 Å². The molecule has 0 radical (unpaired) electrons. The highest BCUT2D eigenvalue weighted by molar-refractivity contribution is 9.10. The molecule has 1 aromatic rings. The Labute approximate surface area is 152 Å². The molecule has 2 fully saturated rings. The number of amides is 1. The molecule has 2 atom stereocenters. The van der Waals surface area contributed by atoms with Gasteiger partial charge in [-0.05, 0) is 48.5 Å². The van der Waals surface area contributed by atoms with Gasteiger partial charge in [-0.1, -0.05) is 0 Å². The van der Waals surface area contributed by atoms with Gasteiger partial charge in [0.15, 0.2) is 5.69 Å². The molecule has 25 heavy (non-hydrogen) atoms. The number of carbonyl (C=O) groups excluding carboxylic acids is 1. The van der Waals surface area contributed by atoms with Crippen molar-refractivity contribution in [2.24, 2.45) is 0 Å². The van der Waals surface area contributed by atoms with Gasteiger partial charge in [0.25, 0.3) is 0 Å². The fourth-order valence-corrected chi connectivity index (χ4v) is 4.01. The summed E-state index contributed by atoms with van der Waals surface area (Å²) in [5.41, 5.74) is -0.366. The van der Waals surface area contributed by atoms with Crippen LogP contribution in [0.4, 0.5) is 13.2 Å². The van der Waals surface area contributed by atoms with E-state index in [0.29, 0.717) is 12.3 Å². The van der Waals surface area contributed by atoms with Gasteiger partial charge in [0, 0.05) is 18.9 Å². The van der Waals surface area contributed by atoms with Crippen molar-refractivity contribution in [3.63, 3.8) is 0 Å². The number of nitrogens with zero attached hydrogens (tertiary/aromatic N) is 2. The smallest absolute Gasteiger partial charge is 0.376 e. The minimum Gasteiger partial charge on any atom is -0.376 e. The summed E-state index contributed by atoms with van der Waals surface area (Å²) >= 11 is 3.05. The number of rotatable bonds is 6. The normalized spacial score (nSPS) is 22.2. The standard InChI is InChI=1S/C16H21BrF3N3O2/c1-9(11-3-2-8-25-11)21-12(24)6-7-23-14(10-4-5-10)13(17)15(22-23)16(18,19)20/h9-11H,2-8H2,1H3,(H,21,24). The maximum atomic E-state index is 13.1. The third kappa shape index (κ3) is 4.36. The molecule has 2 heterocycles. The summed E-state index contributed by atoms with van der Waals surface area (Å²) in [7, 11) is 0. The highest BCUT2D eigenvalue weighted by Crippen LogP contribution is 2.47. The van der Waals surface area contributed by atoms with Crippen LogP contribution < -0.4 is 5.32 Å². The summed E-state index contributed by atoms with van der Waals surface area (Å²) < 4.78 is 46.1. The Morgan fingerprint density at radius 2 is 2.16 bits per heavy atom. The molecule has 2 aliphatic rings. The molecule has 5 nitrogen and oxygen atoms in total. The van der Waals surface area contributed by atoms with Crippen molar-refractivity contribution < 1.29 is 22.7 Å². The maximum absolute atomic E-state index is 13.1. The third-order valence-corrected chi connectivity index (χ3v) is 5.41. The van der Waals surface area contributed by atoms with Gasteiger partial charge in [-0.15, -0.1) is 0 Å². The highest BCUT2D eigenvalue weighted by Gasteiger charge is 2.41. The lowest BCUT2D eigenvalue weighted by Gasteiger charge is -2.20. The molecule has 1 saturated carbocycles. The number of aryl methyl sites for hydroxylation is 1. The number of ether oxygens (including phenoxy) is 1. The molecule has 0 aromatic carbocycles. The second kappa shape index (κ2) is 7.26. The molecule has 1 aromatic heterocycles. The number of halogens is 4. The number of alkyl halides is 3. The van der Waals surface area contributed by atoms with E-state index in [0.717, 1.165) is 25.7 Å². The van der Waals surface area contributed by atoms with Crippen molar-refractivity contribution in [2.75, 3.05) is 6.61 Å². The maximum Gasteiger partial charge on any atom is 0.436 e. The predicted molar refractivity (Wildman–Crippen MR) is 88.1 cm³/mol. The molecule has 9 heteroatoms. The van der Waals surface area contributed by atoms with Crippen molar-refractivity contribution in [2.45, 2.75) is 69.8 Å². The number of aromatic nitrogens is 2. The van der Waals surface area contributed by atoms with Crippen molar-refractivity contribution in [3.05, 3.63) is 15.9 Å². The quantitative estimate of drug-likeness (QED) is 0.759. The average molecular weight is 424 g/mol. The van der Waals surface area contributed by atoms with Gasteiger partial charge in [-0.2, -0.15) is 18.3 Å². The zero-order valence-corrected chi connectivity index (χ0v) is 15.5. The third-order valence-electron chi connectivity index (χ3n) is 4.63. The number of carbonyl (C=O) groups is 1. The lowest BCUT2D eigenvalue weighted by Crippen LogP contribution is -2.41. The summed E-state index contributed by atoms with van der Waals surface area (Å²) in [5, 5.41) is 6.58. The second-order valence-corrected chi connectivity index (χ2v) is 7.49. The molecule has 0 spiro atoms. The van der Waals surface area contributed by atoms with Gasteiger partial charge >= 0.3 is 6.18 Å². The molecule has 1 saturated heterocycles. The fourth-order valence-electron chi connectivity index (χ4n) is 3.17. The van der Waals surface area contributed by atoms with E-state index in [1.807, 2.05) is 6.92 Å². The van der Waals surface area contributed by atoms with Crippen LogP contribution in [0, 0.1) is 0 Å². The molecular weight excluding hydrogens is 403 g/mol. The Balaban J connectivity index is 1.63. The molecule has 140 valence electrons. The van der Waals surface area contributed by atoms with Crippen LogP contribution in [0.1, 0.15) is 56.3 Å². The van der Waals surface area contributed by atoms with Crippen LogP contribution >= 0.6 is 15.9 Å². The van der Waals surface area contributed by atoms with E-state index in [9.17, 15) is 18.0 Å². The molecule has 3 rings (SSSR count). The minimum atomic E-state index is -4.51. The average Bonchev–Trinajstić information content (AvgIpc) is 3.08. The Kier molecular flexibility index (Phi) is 5.43. The van der Waals surface area contributed by atoms with Crippen LogP contribution in [0.3, 0.4) is 0 Å². The summed E-state index contributed by atoms with van der Waals surface area (Å²) in [6.45, 7) is 2.72. The monoisotopic (exact) mass is 423 g/mol. The first-order valence-corrected chi connectivity index (χ1v) is 9.31. The van der Waals surface area contributed by atoms with Crippen molar-refractivity contribution in [1.82, 2.24) is 15.1 Å². The van der Waals surface area contributed by atoms with Gasteiger partial charge in [0.05, 0.1) is 28.9 Å². The van der Waals surface area contributed by atoms with Crippen molar-refractivity contribution >= 4 is 21.8 Å². The van der Waals surface area contributed by atoms with Gasteiger partial charge in [0.2, 0.25) is 5.91 Å². The molecule has 1 amide bonds. The zero-order valence-electron chi connectivity index (χ0n) is 13.9. The fraction of sp³-hybridized carbons (Fsp3) is 0.750. The van der Waals surface area contributed by atoms with Crippen LogP contribution in [0.5, 0.6) is 0 Å². The van der Waals surface area contributed by atoms with Gasteiger partial charge in [-0.3, -0.25) is 9.48 Å². The summed E-state index contributed by atoms with van der Waals surface area (Å²) in [5.74, 6) is -0.114. The van der Waals surface area contributed by atoms with Crippen molar-refractivity contribution in [1.29, 1.82) is 0 Å². The van der Waals surface area contributed by atoms with E-state index in [1.54, 1.807) is 0 Å². The predicted octanol–water partition coefficient (Wildman–Crippen LogP) is 3.62. The first-order valence-electron chi connectivity index (χ1n) is 8.51. The Hall–Kier alpha value is -1.09. The second-order valence-electron chi connectivity index (χ2n) is 6.70. The molecule has 0 bridgehead atoms. The van der Waals surface area contributed by atoms with E-state index in [-0.39, 0.29) is 41.4 Å². The summed E-state index contributed by atoms with van der Waals surface area (Å²) in [6.07, 6.45) is -0.812. The first-order chi connectivity index (χ1) is 11.8. The molecule has 2 unspecified atom stereocenters. The molecule has 1 N–H and O–H groups in total. The van der Waals surface area contributed by atoms with Crippen LogP contribution in [0.2, 0.25) is 0 Å². The SMILES string of the molecule is CC(NC(=O)CCn1nc(C(F)(F)F)c(Br)c1C1CC1)C1CCCO1. The van der Waals surface area contributed by atoms with Crippen LogP contribution in [0.15, 0.2) is 4.47 Å². The summed E-state index contributed by atoms with van der Waals surface area (Å²) in [6, 6.07) is -0.104. The summed E-state index contributed by atoms with van der Waals surface area (Å²) in [4.78, 5) is 12.1. The lowest BCUT2D eigenvalue weighted by atomic mass is 10.1. The van der Waals surface area contributed by atoms with E-state index in [2.05, 4.69) is 26.3 Å².